The zero-order valence-electron chi connectivity index (χ0n) is 13.8. The van der Waals surface area contributed by atoms with Crippen molar-refractivity contribution in [2.75, 3.05) is 19.4 Å². The van der Waals surface area contributed by atoms with Crippen LogP contribution < -0.4 is 11.1 Å². The van der Waals surface area contributed by atoms with E-state index in [9.17, 15) is 4.79 Å². The number of benzene rings is 1. The monoisotopic (exact) mass is 303 g/mol. The van der Waals surface area contributed by atoms with E-state index in [-0.39, 0.29) is 5.91 Å². The number of hydrogen-bond acceptors (Lipinski definition) is 3. The summed E-state index contributed by atoms with van der Waals surface area (Å²) in [5, 5.41) is 2.96. The highest BCUT2D eigenvalue weighted by atomic mass is 16.2. The Labute approximate surface area is 134 Å². The van der Waals surface area contributed by atoms with Gasteiger partial charge < -0.3 is 16.0 Å². The third-order valence-electron chi connectivity index (χ3n) is 4.34. The first-order valence-corrected chi connectivity index (χ1v) is 8.34. The van der Waals surface area contributed by atoms with E-state index >= 15 is 0 Å². The van der Waals surface area contributed by atoms with Crippen LogP contribution in [0, 0.1) is 5.92 Å². The van der Waals surface area contributed by atoms with Crippen molar-refractivity contribution in [3.63, 3.8) is 0 Å². The topological polar surface area (TPSA) is 58.4 Å². The summed E-state index contributed by atoms with van der Waals surface area (Å²) in [5.41, 5.74) is 8.11. The molecule has 22 heavy (non-hydrogen) atoms. The van der Waals surface area contributed by atoms with E-state index in [0.717, 1.165) is 18.7 Å². The number of rotatable bonds is 6. The van der Waals surface area contributed by atoms with Gasteiger partial charge in [0.1, 0.15) is 0 Å². The first-order valence-electron chi connectivity index (χ1n) is 8.34. The molecule has 0 saturated heterocycles. The predicted molar refractivity (Wildman–Crippen MR) is 91.6 cm³/mol. The fraction of sp³-hybridized carbons (Fsp3) is 0.611. The number of hydrogen-bond donors (Lipinski definition) is 2. The van der Waals surface area contributed by atoms with Gasteiger partial charge in [0.25, 0.3) is 0 Å². The highest BCUT2D eigenvalue weighted by Gasteiger charge is 2.21. The third kappa shape index (κ3) is 5.43. The number of amides is 1. The summed E-state index contributed by atoms with van der Waals surface area (Å²) in [4.78, 5) is 14.4. The minimum atomic E-state index is -0.402. The van der Waals surface area contributed by atoms with Crippen LogP contribution in [0.15, 0.2) is 24.3 Å². The number of nitrogens with two attached hydrogens (primary N) is 1. The maximum atomic E-state index is 12.3. The van der Waals surface area contributed by atoms with Crippen molar-refractivity contribution in [3.8, 4) is 0 Å². The SMILES string of the molecule is CN(C)Cc1cccc(NC(=O)C(N)CC2CCCCC2)c1. The van der Waals surface area contributed by atoms with E-state index in [1.807, 2.05) is 32.3 Å². The van der Waals surface area contributed by atoms with Crippen LogP contribution in [-0.4, -0.2) is 30.9 Å². The number of carbonyl (C=O) groups excluding carboxylic acids is 1. The molecule has 0 aliphatic heterocycles. The van der Waals surface area contributed by atoms with Crippen molar-refractivity contribution >= 4 is 11.6 Å². The van der Waals surface area contributed by atoms with Crippen LogP contribution in [0.3, 0.4) is 0 Å². The molecule has 4 heteroatoms. The van der Waals surface area contributed by atoms with E-state index < -0.39 is 6.04 Å². The maximum absolute atomic E-state index is 12.3. The zero-order chi connectivity index (χ0) is 15.9. The minimum Gasteiger partial charge on any atom is -0.325 e. The average Bonchev–Trinajstić information content (AvgIpc) is 2.48. The van der Waals surface area contributed by atoms with Gasteiger partial charge in [-0.15, -0.1) is 0 Å². The molecule has 1 amide bonds. The molecule has 0 heterocycles. The Morgan fingerprint density at radius 3 is 2.73 bits per heavy atom. The average molecular weight is 303 g/mol. The Balaban J connectivity index is 1.87. The predicted octanol–water partition coefficient (Wildman–Crippen LogP) is 2.98. The van der Waals surface area contributed by atoms with E-state index in [2.05, 4.69) is 16.3 Å². The molecule has 3 N–H and O–H groups in total. The molecule has 1 aromatic carbocycles. The molecular formula is C18H29N3O. The molecule has 122 valence electrons. The highest BCUT2D eigenvalue weighted by molar-refractivity contribution is 5.94. The van der Waals surface area contributed by atoms with Crippen LogP contribution in [-0.2, 0) is 11.3 Å². The Bertz CT molecular complexity index is 481. The van der Waals surface area contributed by atoms with E-state index in [1.165, 1.54) is 37.7 Å². The van der Waals surface area contributed by atoms with Crippen LogP contribution in [0.25, 0.3) is 0 Å². The molecule has 2 rings (SSSR count). The number of carbonyl (C=O) groups is 1. The molecule has 1 unspecified atom stereocenters. The van der Waals surface area contributed by atoms with Crippen molar-refractivity contribution in [2.24, 2.45) is 11.7 Å². The van der Waals surface area contributed by atoms with E-state index in [1.54, 1.807) is 0 Å². The lowest BCUT2D eigenvalue weighted by Crippen LogP contribution is -2.37. The summed E-state index contributed by atoms with van der Waals surface area (Å²) in [6.45, 7) is 0.859. The molecule has 1 aliphatic rings. The summed E-state index contributed by atoms with van der Waals surface area (Å²) in [5.74, 6) is 0.558. The molecule has 1 saturated carbocycles. The van der Waals surface area contributed by atoms with Crippen molar-refractivity contribution in [1.29, 1.82) is 0 Å². The van der Waals surface area contributed by atoms with Gasteiger partial charge in [-0.2, -0.15) is 0 Å². The first-order chi connectivity index (χ1) is 10.5. The lowest BCUT2D eigenvalue weighted by molar-refractivity contribution is -0.117. The highest BCUT2D eigenvalue weighted by Crippen LogP contribution is 2.27. The van der Waals surface area contributed by atoms with Gasteiger partial charge in [0.15, 0.2) is 0 Å². The van der Waals surface area contributed by atoms with Gasteiger partial charge in [-0.3, -0.25) is 4.79 Å². The smallest absolute Gasteiger partial charge is 0.241 e. The molecule has 0 spiro atoms. The fourth-order valence-corrected chi connectivity index (χ4v) is 3.24. The molecule has 0 radical (unpaired) electrons. The quantitative estimate of drug-likeness (QED) is 0.849. The van der Waals surface area contributed by atoms with Gasteiger partial charge in [-0.05, 0) is 44.1 Å². The summed E-state index contributed by atoms with van der Waals surface area (Å²) in [6.07, 6.45) is 7.15. The molecule has 1 aromatic rings. The van der Waals surface area contributed by atoms with Gasteiger partial charge in [0, 0.05) is 12.2 Å². The van der Waals surface area contributed by atoms with Crippen LogP contribution in [0.4, 0.5) is 5.69 Å². The van der Waals surface area contributed by atoms with Gasteiger partial charge in [-0.1, -0.05) is 44.2 Å². The first kappa shape index (κ1) is 17.0. The minimum absolute atomic E-state index is 0.0624. The third-order valence-corrected chi connectivity index (χ3v) is 4.34. The molecular weight excluding hydrogens is 274 g/mol. The summed E-state index contributed by atoms with van der Waals surface area (Å²) in [6, 6.07) is 7.58. The lowest BCUT2D eigenvalue weighted by atomic mass is 9.85. The van der Waals surface area contributed by atoms with Gasteiger partial charge in [0.05, 0.1) is 6.04 Å². The molecule has 0 bridgehead atoms. The summed E-state index contributed by atoms with van der Waals surface area (Å²) < 4.78 is 0. The van der Waals surface area contributed by atoms with Crippen LogP contribution in [0.1, 0.15) is 44.1 Å². The Morgan fingerprint density at radius 2 is 2.05 bits per heavy atom. The standard InChI is InChI=1S/C18H29N3O/c1-21(2)13-15-9-6-10-16(11-15)20-18(22)17(19)12-14-7-4-3-5-8-14/h6,9-11,14,17H,3-5,7-8,12-13,19H2,1-2H3,(H,20,22). The maximum Gasteiger partial charge on any atom is 0.241 e. The second-order valence-electron chi connectivity index (χ2n) is 6.77. The molecule has 4 nitrogen and oxygen atoms in total. The number of nitrogens with one attached hydrogen (secondary N) is 1. The zero-order valence-corrected chi connectivity index (χ0v) is 13.8. The lowest BCUT2D eigenvalue weighted by Gasteiger charge is -2.24. The number of nitrogens with zero attached hydrogens (tertiary/aromatic N) is 1. The van der Waals surface area contributed by atoms with Gasteiger partial charge in [0.2, 0.25) is 5.91 Å². The summed E-state index contributed by atoms with van der Waals surface area (Å²) in [7, 11) is 4.07. The fourth-order valence-electron chi connectivity index (χ4n) is 3.24. The summed E-state index contributed by atoms with van der Waals surface area (Å²) >= 11 is 0. The molecule has 0 aromatic heterocycles. The Kier molecular flexibility index (Phi) is 6.40. The van der Waals surface area contributed by atoms with Crippen LogP contribution in [0.5, 0.6) is 0 Å². The van der Waals surface area contributed by atoms with E-state index in [0.29, 0.717) is 5.92 Å². The van der Waals surface area contributed by atoms with Gasteiger partial charge in [-0.25, -0.2) is 0 Å². The molecule has 1 atom stereocenters. The molecule has 1 aliphatic carbocycles. The van der Waals surface area contributed by atoms with Crippen molar-refractivity contribution in [3.05, 3.63) is 29.8 Å². The van der Waals surface area contributed by atoms with Crippen LogP contribution >= 0.6 is 0 Å². The second-order valence-corrected chi connectivity index (χ2v) is 6.77. The Morgan fingerprint density at radius 1 is 1.32 bits per heavy atom. The van der Waals surface area contributed by atoms with Crippen LogP contribution in [0.2, 0.25) is 0 Å². The normalized spacial score (nSPS) is 17.5. The Hall–Kier alpha value is -1.39. The largest absolute Gasteiger partial charge is 0.325 e. The second kappa shape index (κ2) is 8.30. The number of anilines is 1. The molecule has 1 fully saturated rings. The van der Waals surface area contributed by atoms with Gasteiger partial charge >= 0.3 is 0 Å². The van der Waals surface area contributed by atoms with Crippen molar-refractivity contribution < 1.29 is 4.79 Å². The van der Waals surface area contributed by atoms with Crippen molar-refractivity contribution in [2.45, 2.75) is 51.1 Å². The van der Waals surface area contributed by atoms with E-state index in [4.69, 9.17) is 5.73 Å². The van der Waals surface area contributed by atoms with Crippen molar-refractivity contribution in [1.82, 2.24) is 4.90 Å².